The molecule has 96 valence electrons. The van der Waals surface area contributed by atoms with E-state index in [1.54, 1.807) is 6.07 Å². The van der Waals surface area contributed by atoms with Crippen LogP contribution in [0.4, 0.5) is 11.6 Å². The summed E-state index contributed by atoms with van der Waals surface area (Å²) < 4.78 is 0. The van der Waals surface area contributed by atoms with Crippen LogP contribution < -0.4 is 11.1 Å². The van der Waals surface area contributed by atoms with E-state index in [1.807, 2.05) is 0 Å². The van der Waals surface area contributed by atoms with Gasteiger partial charge in [0.1, 0.15) is 17.5 Å². The number of hydrogen-bond acceptors (Lipinski definition) is 5. The number of rotatable bonds is 7. The lowest BCUT2D eigenvalue weighted by molar-refractivity contribution is 0.405. The van der Waals surface area contributed by atoms with E-state index in [0.29, 0.717) is 5.82 Å². The monoisotopic (exact) mass is 237 g/mol. The molecule has 0 saturated heterocycles. The van der Waals surface area contributed by atoms with E-state index < -0.39 is 0 Å². The van der Waals surface area contributed by atoms with Crippen LogP contribution in [0.3, 0.4) is 0 Å². The lowest BCUT2D eigenvalue weighted by Crippen LogP contribution is -2.17. The minimum atomic E-state index is 0.540. The Morgan fingerprint density at radius 1 is 1.35 bits per heavy atom. The molecule has 1 aromatic rings. The number of nitrogen functional groups attached to an aromatic ring is 1. The summed E-state index contributed by atoms with van der Waals surface area (Å²) in [5, 5.41) is 3.28. The number of aryl methyl sites for hydroxylation is 1. The second-order valence-corrected chi connectivity index (χ2v) is 4.43. The van der Waals surface area contributed by atoms with Gasteiger partial charge >= 0.3 is 0 Å². The summed E-state index contributed by atoms with van der Waals surface area (Å²) in [6.45, 7) is 4.08. The Kier molecular flexibility index (Phi) is 5.69. The summed E-state index contributed by atoms with van der Waals surface area (Å²) in [5.74, 6) is 2.20. The van der Waals surface area contributed by atoms with Gasteiger partial charge in [-0.05, 0) is 33.5 Å². The van der Waals surface area contributed by atoms with Gasteiger partial charge in [-0.2, -0.15) is 0 Å². The van der Waals surface area contributed by atoms with Crippen molar-refractivity contribution in [2.45, 2.75) is 26.2 Å². The summed E-state index contributed by atoms with van der Waals surface area (Å²) >= 11 is 0. The molecular weight excluding hydrogens is 214 g/mol. The third kappa shape index (κ3) is 5.49. The fourth-order valence-corrected chi connectivity index (χ4v) is 1.56. The van der Waals surface area contributed by atoms with Crippen LogP contribution in [-0.2, 0) is 6.42 Å². The largest absolute Gasteiger partial charge is 0.384 e. The average molecular weight is 237 g/mol. The van der Waals surface area contributed by atoms with E-state index in [9.17, 15) is 0 Å². The maximum Gasteiger partial charge on any atom is 0.133 e. The lowest BCUT2D eigenvalue weighted by atomic mass is 10.3. The highest BCUT2D eigenvalue weighted by molar-refractivity contribution is 5.44. The van der Waals surface area contributed by atoms with E-state index in [-0.39, 0.29) is 0 Å². The summed E-state index contributed by atoms with van der Waals surface area (Å²) in [6, 6.07) is 1.79. The first-order chi connectivity index (χ1) is 8.11. The molecule has 0 bridgehead atoms. The van der Waals surface area contributed by atoms with Crippen LogP contribution in [0.25, 0.3) is 0 Å². The predicted molar refractivity (Wildman–Crippen MR) is 72.1 cm³/mol. The highest BCUT2D eigenvalue weighted by Gasteiger charge is 2.01. The molecule has 0 unspecified atom stereocenters. The highest BCUT2D eigenvalue weighted by atomic mass is 15.1. The normalized spacial score (nSPS) is 10.8. The van der Waals surface area contributed by atoms with Gasteiger partial charge in [0.15, 0.2) is 0 Å². The van der Waals surface area contributed by atoms with E-state index in [4.69, 9.17) is 5.73 Å². The molecular formula is C12H23N5. The maximum absolute atomic E-state index is 5.74. The van der Waals surface area contributed by atoms with Crippen LogP contribution in [0.1, 0.15) is 25.6 Å². The first-order valence-electron chi connectivity index (χ1n) is 6.14. The average Bonchev–Trinajstić information content (AvgIpc) is 2.24. The van der Waals surface area contributed by atoms with Gasteiger partial charge in [0.25, 0.3) is 0 Å². The zero-order valence-corrected chi connectivity index (χ0v) is 11.0. The van der Waals surface area contributed by atoms with Crippen molar-refractivity contribution in [1.29, 1.82) is 0 Å². The Morgan fingerprint density at radius 2 is 2.12 bits per heavy atom. The molecule has 3 N–H and O–H groups in total. The molecule has 0 aliphatic heterocycles. The van der Waals surface area contributed by atoms with Crippen LogP contribution in [0.15, 0.2) is 6.07 Å². The Balaban J connectivity index is 2.46. The summed E-state index contributed by atoms with van der Waals surface area (Å²) in [5.41, 5.74) is 5.74. The summed E-state index contributed by atoms with van der Waals surface area (Å²) in [4.78, 5) is 10.8. The molecule has 1 aromatic heterocycles. The van der Waals surface area contributed by atoms with Gasteiger partial charge in [-0.1, -0.05) is 6.92 Å². The van der Waals surface area contributed by atoms with Crippen LogP contribution in [0, 0.1) is 0 Å². The van der Waals surface area contributed by atoms with Crippen LogP contribution >= 0.6 is 0 Å². The molecule has 17 heavy (non-hydrogen) atoms. The van der Waals surface area contributed by atoms with Gasteiger partial charge in [0, 0.05) is 19.0 Å². The molecule has 0 spiro atoms. The minimum absolute atomic E-state index is 0.540. The zero-order chi connectivity index (χ0) is 12.7. The third-order valence-corrected chi connectivity index (χ3v) is 2.35. The van der Waals surface area contributed by atoms with Gasteiger partial charge in [-0.3, -0.25) is 0 Å². The second-order valence-electron chi connectivity index (χ2n) is 4.43. The molecule has 5 nitrogen and oxygen atoms in total. The fraction of sp³-hybridized carbons (Fsp3) is 0.667. The molecule has 0 saturated carbocycles. The van der Waals surface area contributed by atoms with Crippen molar-refractivity contribution in [2.75, 3.05) is 38.2 Å². The van der Waals surface area contributed by atoms with Crippen LogP contribution in [0.2, 0.25) is 0 Å². The summed E-state index contributed by atoms with van der Waals surface area (Å²) in [6.07, 6.45) is 2.99. The second kappa shape index (κ2) is 7.06. The molecule has 0 radical (unpaired) electrons. The molecule has 0 aliphatic carbocycles. The number of nitrogens with one attached hydrogen (secondary N) is 1. The minimum Gasteiger partial charge on any atom is -0.384 e. The number of nitrogens with zero attached hydrogens (tertiary/aromatic N) is 3. The van der Waals surface area contributed by atoms with E-state index in [2.05, 4.69) is 41.2 Å². The first-order valence-corrected chi connectivity index (χ1v) is 6.14. The van der Waals surface area contributed by atoms with E-state index in [0.717, 1.165) is 44.0 Å². The number of nitrogens with two attached hydrogens (primary N) is 1. The number of aromatic nitrogens is 2. The van der Waals surface area contributed by atoms with Crippen molar-refractivity contribution in [2.24, 2.45) is 0 Å². The lowest BCUT2D eigenvalue weighted by Gasteiger charge is -2.11. The smallest absolute Gasteiger partial charge is 0.133 e. The number of hydrogen-bond donors (Lipinski definition) is 2. The van der Waals surface area contributed by atoms with Gasteiger partial charge in [-0.25, -0.2) is 9.97 Å². The standard InChI is InChI=1S/C12H23N5/c1-4-6-11-15-10(13)9-12(16-11)14-7-5-8-17(2)3/h9H,4-8H2,1-3H3,(H3,13,14,15,16). The van der Waals surface area contributed by atoms with Crippen molar-refractivity contribution in [3.63, 3.8) is 0 Å². The summed E-state index contributed by atoms with van der Waals surface area (Å²) in [7, 11) is 4.14. The van der Waals surface area contributed by atoms with E-state index in [1.165, 1.54) is 0 Å². The molecule has 1 heterocycles. The molecule has 5 heteroatoms. The Labute approximate surface area is 103 Å². The molecule has 0 fully saturated rings. The third-order valence-electron chi connectivity index (χ3n) is 2.35. The topological polar surface area (TPSA) is 67.1 Å². The maximum atomic E-state index is 5.74. The van der Waals surface area contributed by atoms with Crippen LogP contribution in [-0.4, -0.2) is 42.1 Å². The van der Waals surface area contributed by atoms with E-state index >= 15 is 0 Å². The Bertz CT molecular complexity index is 338. The molecule has 0 aromatic carbocycles. The molecule has 0 aliphatic rings. The quantitative estimate of drug-likeness (QED) is 0.701. The van der Waals surface area contributed by atoms with Crippen molar-refractivity contribution < 1.29 is 0 Å². The van der Waals surface area contributed by atoms with Crippen molar-refractivity contribution >= 4 is 11.6 Å². The highest BCUT2D eigenvalue weighted by Crippen LogP contribution is 2.09. The zero-order valence-electron chi connectivity index (χ0n) is 11.0. The molecule has 0 atom stereocenters. The van der Waals surface area contributed by atoms with Gasteiger partial charge in [0.2, 0.25) is 0 Å². The first kappa shape index (κ1) is 13.7. The Morgan fingerprint density at radius 3 is 2.76 bits per heavy atom. The van der Waals surface area contributed by atoms with Gasteiger partial charge in [-0.15, -0.1) is 0 Å². The number of anilines is 2. The molecule has 0 amide bonds. The van der Waals surface area contributed by atoms with Crippen molar-refractivity contribution in [3.8, 4) is 0 Å². The Hall–Kier alpha value is -1.36. The van der Waals surface area contributed by atoms with Gasteiger partial charge < -0.3 is 16.0 Å². The van der Waals surface area contributed by atoms with Crippen molar-refractivity contribution in [3.05, 3.63) is 11.9 Å². The fourth-order valence-electron chi connectivity index (χ4n) is 1.56. The predicted octanol–water partition coefficient (Wildman–Crippen LogP) is 1.37. The van der Waals surface area contributed by atoms with Crippen molar-refractivity contribution in [1.82, 2.24) is 14.9 Å². The molecule has 1 rings (SSSR count). The van der Waals surface area contributed by atoms with Gasteiger partial charge in [0.05, 0.1) is 0 Å². The SMILES string of the molecule is CCCc1nc(N)cc(NCCCN(C)C)n1. The van der Waals surface area contributed by atoms with Crippen LogP contribution in [0.5, 0.6) is 0 Å².